The number of ether oxygens (including phenoxy) is 1. The third-order valence-corrected chi connectivity index (χ3v) is 5.12. The van der Waals surface area contributed by atoms with E-state index in [2.05, 4.69) is 5.32 Å². The first-order chi connectivity index (χ1) is 13.4. The molecular weight excluding hydrogens is 372 g/mol. The minimum Gasteiger partial charge on any atom is -0.484 e. The van der Waals surface area contributed by atoms with Gasteiger partial charge >= 0.3 is 0 Å². The van der Waals surface area contributed by atoms with Crippen LogP contribution in [0.4, 0.5) is 5.69 Å². The number of thiophene rings is 1. The Kier molecular flexibility index (Phi) is 6.11. The lowest BCUT2D eigenvalue weighted by atomic mass is 10.0. The van der Waals surface area contributed by atoms with E-state index < -0.39 is 0 Å². The Morgan fingerprint density at radius 1 is 1.00 bits per heavy atom. The maximum Gasteiger partial charge on any atom is 0.266 e. The molecule has 3 aromatic rings. The quantitative estimate of drug-likeness (QED) is 0.672. The topological polar surface area (TPSA) is 58.6 Å². The molecule has 6 heteroatoms. The number of nitrogens with one attached hydrogen (secondary N) is 1. The minimum absolute atomic E-state index is 0.0200. The zero-order chi connectivity index (χ0) is 20.1. The number of carbonyl (C=O) groups is 2. The van der Waals surface area contributed by atoms with Crippen LogP contribution in [-0.2, 0) is 4.79 Å². The van der Waals surface area contributed by atoms with Crippen LogP contribution in [-0.4, -0.2) is 37.4 Å². The molecule has 144 valence electrons. The van der Waals surface area contributed by atoms with E-state index in [1.807, 2.05) is 42.6 Å². The van der Waals surface area contributed by atoms with Crippen LogP contribution in [0.2, 0.25) is 0 Å². The van der Waals surface area contributed by atoms with Gasteiger partial charge in [-0.05, 0) is 48.2 Å². The summed E-state index contributed by atoms with van der Waals surface area (Å²) in [6, 6.07) is 17.1. The molecule has 0 fully saturated rings. The summed E-state index contributed by atoms with van der Waals surface area (Å²) in [5.41, 5.74) is 3.79. The number of anilines is 1. The van der Waals surface area contributed by atoms with E-state index in [1.54, 1.807) is 38.4 Å². The maximum atomic E-state index is 12.7. The normalized spacial score (nSPS) is 10.4. The molecule has 0 atom stereocenters. The predicted octanol–water partition coefficient (Wildman–Crippen LogP) is 4.44. The molecule has 5 nitrogen and oxygen atoms in total. The van der Waals surface area contributed by atoms with Gasteiger partial charge < -0.3 is 15.0 Å². The molecule has 0 saturated carbocycles. The highest BCUT2D eigenvalue weighted by molar-refractivity contribution is 7.12. The van der Waals surface area contributed by atoms with Crippen molar-refractivity contribution in [1.29, 1.82) is 0 Å². The van der Waals surface area contributed by atoms with E-state index >= 15 is 0 Å². The second-order valence-electron chi connectivity index (χ2n) is 6.58. The van der Waals surface area contributed by atoms with Gasteiger partial charge in [0, 0.05) is 25.3 Å². The Bertz CT molecular complexity index is 960. The first kappa shape index (κ1) is 19.6. The number of carbonyl (C=O) groups excluding carboxylic acids is 2. The number of nitrogens with zero attached hydrogens (tertiary/aromatic N) is 1. The molecule has 0 saturated heterocycles. The van der Waals surface area contributed by atoms with Crippen molar-refractivity contribution in [1.82, 2.24) is 4.90 Å². The smallest absolute Gasteiger partial charge is 0.266 e. The minimum atomic E-state index is -0.151. The molecule has 1 heterocycles. The van der Waals surface area contributed by atoms with Crippen molar-refractivity contribution < 1.29 is 14.3 Å². The molecule has 0 aliphatic heterocycles. The number of hydrogen-bond acceptors (Lipinski definition) is 4. The number of amides is 2. The SMILES string of the molecule is Cc1ccc(-c2ccsc2C(=O)Nc2ccc(OCC(=O)N(C)C)cc2)cc1. The zero-order valence-corrected chi connectivity index (χ0v) is 16.9. The first-order valence-electron chi connectivity index (χ1n) is 8.83. The molecule has 0 unspecified atom stereocenters. The molecule has 0 aliphatic rings. The second kappa shape index (κ2) is 8.71. The van der Waals surface area contributed by atoms with Crippen LogP contribution in [0.1, 0.15) is 15.2 Å². The largest absolute Gasteiger partial charge is 0.484 e. The fraction of sp³-hybridized carbons (Fsp3) is 0.182. The Morgan fingerprint density at radius 2 is 1.68 bits per heavy atom. The van der Waals surface area contributed by atoms with Crippen molar-refractivity contribution in [3.8, 4) is 16.9 Å². The predicted molar refractivity (Wildman–Crippen MR) is 113 cm³/mol. The lowest BCUT2D eigenvalue weighted by molar-refractivity contribution is -0.130. The molecule has 3 rings (SSSR count). The monoisotopic (exact) mass is 394 g/mol. The van der Waals surface area contributed by atoms with Gasteiger partial charge in [0.2, 0.25) is 0 Å². The van der Waals surface area contributed by atoms with Crippen molar-refractivity contribution >= 4 is 28.8 Å². The zero-order valence-electron chi connectivity index (χ0n) is 16.1. The lowest BCUT2D eigenvalue weighted by Gasteiger charge is -2.12. The summed E-state index contributed by atoms with van der Waals surface area (Å²) < 4.78 is 5.45. The van der Waals surface area contributed by atoms with E-state index in [9.17, 15) is 9.59 Å². The van der Waals surface area contributed by atoms with E-state index in [-0.39, 0.29) is 18.4 Å². The van der Waals surface area contributed by atoms with Gasteiger partial charge in [0.05, 0.1) is 4.88 Å². The van der Waals surface area contributed by atoms with Crippen LogP contribution in [0.15, 0.2) is 60.0 Å². The van der Waals surface area contributed by atoms with Crippen molar-refractivity contribution in [2.75, 3.05) is 26.0 Å². The lowest BCUT2D eigenvalue weighted by Crippen LogP contribution is -2.27. The van der Waals surface area contributed by atoms with Crippen LogP contribution in [0.25, 0.3) is 11.1 Å². The maximum absolute atomic E-state index is 12.7. The number of aryl methyl sites for hydroxylation is 1. The van der Waals surface area contributed by atoms with Crippen LogP contribution in [0, 0.1) is 6.92 Å². The standard InChI is InChI=1S/C22H22N2O3S/c1-15-4-6-16(7-5-15)19-12-13-28-21(19)22(26)23-17-8-10-18(11-9-17)27-14-20(25)24(2)3/h4-13H,14H2,1-3H3,(H,23,26). The molecule has 1 aromatic heterocycles. The van der Waals surface area contributed by atoms with Gasteiger partial charge in [0.1, 0.15) is 5.75 Å². The fourth-order valence-corrected chi connectivity index (χ4v) is 3.35. The van der Waals surface area contributed by atoms with Gasteiger partial charge in [-0.25, -0.2) is 0 Å². The molecule has 0 bridgehead atoms. The molecular formula is C22H22N2O3S. The summed E-state index contributed by atoms with van der Waals surface area (Å²) in [5, 5.41) is 4.84. The van der Waals surface area contributed by atoms with Crippen molar-refractivity contribution in [2.24, 2.45) is 0 Å². The highest BCUT2D eigenvalue weighted by Gasteiger charge is 2.15. The number of benzene rings is 2. The Balaban J connectivity index is 1.66. The molecule has 0 aliphatic carbocycles. The van der Waals surface area contributed by atoms with Crippen molar-refractivity contribution in [3.05, 3.63) is 70.4 Å². The molecule has 1 N–H and O–H groups in total. The Hall–Kier alpha value is -3.12. The number of likely N-dealkylation sites (N-methyl/N-ethyl adjacent to an activating group) is 1. The summed E-state index contributed by atoms with van der Waals surface area (Å²) in [4.78, 5) is 26.4. The van der Waals surface area contributed by atoms with Gasteiger partial charge in [-0.2, -0.15) is 0 Å². The van der Waals surface area contributed by atoms with E-state index in [1.165, 1.54) is 21.8 Å². The van der Waals surface area contributed by atoms with E-state index in [0.717, 1.165) is 11.1 Å². The average molecular weight is 394 g/mol. The van der Waals surface area contributed by atoms with Crippen molar-refractivity contribution in [3.63, 3.8) is 0 Å². The van der Waals surface area contributed by atoms with Crippen LogP contribution in [0.3, 0.4) is 0 Å². The van der Waals surface area contributed by atoms with Crippen LogP contribution >= 0.6 is 11.3 Å². The third kappa shape index (κ3) is 4.78. The third-order valence-electron chi connectivity index (χ3n) is 4.21. The van der Waals surface area contributed by atoms with Gasteiger partial charge in [-0.3, -0.25) is 9.59 Å². The molecule has 0 radical (unpaired) electrons. The van der Waals surface area contributed by atoms with E-state index in [4.69, 9.17) is 4.74 Å². The Morgan fingerprint density at radius 3 is 2.32 bits per heavy atom. The summed E-state index contributed by atoms with van der Waals surface area (Å²) in [6.45, 7) is 2.02. The summed E-state index contributed by atoms with van der Waals surface area (Å²) >= 11 is 1.41. The molecule has 2 amide bonds. The van der Waals surface area contributed by atoms with Gasteiger partial charge in [-0.1, -0.05) is 29.8 Å². The average Bonchev–Trinajstić information content (AvgIpc) is 3.17. The summed E-state index contributed by atoms with van der Waals surface area (Å²) in [6.07, 6.45) is 0. The summed E-state index contributed by atoms with van der Waals surface area (Å²) in [7, 11) is 3.36. The Labute approximate surface area is 168 Å². The van der Waals surface area contributed by atoms with Gasteiger partial charge in [-0.15, -0.1) is 11.3 Å². The second-order valence-corrected chi connectivity index (χ2v) is 7.50. The van der Waals surface area contributed by atoms with Gasteiger partial charge in [0.25, 0.3) is 11.8 Å². The van der Waals surface area contributed by atoms with Crippen LogP contribution < -0.4 is 10.1 Å². The summed E-state index contributed by atoms with van der Waals surface area (Å²) in [5.74, 6) is 0.311. The first-order valence-corrected chi connectivity index (χ1v) is 9.71. The number of hydrogen-bond donors (Lipinski definition) is 1. The number of rotatable bonds is 6. The fourth-order valence-electron chi connectivity index (χ4n) is 2.54. The van der Waals surface area contributed by atoms with Gasteiger partial charge in [0.15, 0.2) is 6.61 Å². The molecule has 2 aromatic carbocycles. The van der Waals surface area contributed by atoms with Crippen molar-refractivity contribution in [2.45, 2.75) is 6.92 Å². The van der Waals surface area contributed by atoms with E-state index in [0.29, 0.717) is 16.3 Å². The molecule has 28 heavy (non-hydrogen) atoms. The highest BCUT2D eigenvalue weighted by Crippen LogP contribution is 2.29. The van der Waals surface area contributed by atoms with Crippen LogP contribution in [0.5, 0.6) is 5.75 Å². The molecule has 0 spiro atoms. The highest BCUT2D eigenvalue weighted by atomic mass is 32.1.